The van der Waals surface area contributed by atoms with Gasteiger partial charge in [0, 0.05) is 23.7 Å². The monoisotopic (exact) mass is 371 g/mol. The van der Waals surface area contributed by atoms with Gasteiger partial charge in [-0.1, -0.05) is 30.3 Å². The Bertz CT molecular complexity index is 803. The fourth-order valence-corrected chi connectivity index (χ4v) is 2.31. The summed E-state index contributed by atoms with van der Waals surface area (Å²) in [5.41, 5.74) is 1.02. The molecule has 0 unspecified atom stereocenters. The second-order valence-corrected chi connectivity index (χ2v) is 5.57. The standard InChI is InChI=1S/C20H21NO6/c1-25-17-10-8-15(12-18(17)26-2)21-19(23)13-27-20(24)11-9-16(22)14-6-4-3-5-7-14/h3-8,10,12H,9,11,13H2,1-2H3,(H,21,23). The number of amides is 1. The van der Waals surface area contributed by atoms with Gasteiger partial charge in [-0.25, -0.2) is 0 Å². The predicted molar refractivity (Wildman–Crippen MR) is 99.1 cm³/mol. The van der Waals surface area contributed by atoms with Gasteiger partial charge in [0.25, 0.3) is 5.91 Å². The summed E-state index contributed by atoms with van der Waals surface area (Å²) in [6.45, 7) is -0.438. The van der Waals surface area contributed by atoms with Crippen LogP contribution in [0.2, 0.25) is 0 Å². The highest BCUT2D eigenvalue weighted by Gasteiger charge is 2.12. The van der Waals surface area contributed by atoms with E-state index in [-0.39, 0.29) is 18.6 Å². The van der Waals surface area contributed by atoms with Gasteiger partial charge in [0.2, 0.25) is 0 Å². The normalized spacial score (nSPS) is 10.0. The van der Waals surface area contributed by atoms with Crippen LogP contribution < -0.4 is 14.8 Å². The molecule has 0 atom stereocenters. The number of benzene rings is 2. The number of ether oxygens (including phenoxy) is 3. The molecule has 0 aromatic heterocycles. The van der Waals surface area contributed by atoms with E-state index in [0.29, 0.717) is 22.7 Å². The molecule has 1 N–H and O–H groups in total. The molecule has 0 aliphatic carbocycles. The Morgan fingerprint density at radius 1 is 0.889 bits per heavy atom. The number of methoxy groups -OCH3 is 2. The molecule has 2 aromatic carbocycles. The van der Waals surface area contributed by atoms with Gasteiger partial charge in [-0.3, -0.25) is 14.4 Å². The van der Waals surface area contributed by atoms with Crippen molar-refractivity contribution in [2.24, 2.45) is 0 Å². The van der Waals surface area contributed by atoms with Crippen LogP contribution in [-0.4, -0.2) is 38.5 Å². The summed E-state index contributed by atoms with van der Waals surface area (Å²) in [6, 6.07) is 13.6. The molecule has 7 heteroatoms. The van der Waals surface area contributed by atoms with Gasteiger partial charge in [-0.15, -0.1) is 0 Å². The van der Waals surface area contributed by atoms with E-state index in [2.05, 4.69) is 5.32 Å². The molecule has 7 nitrogen and oxygen atoms in total. The molecule has 0 heterocycles. The van der Waals surface area contributed by atoms with Gasteiger partial charge in [0.05, 0.1) is 20.6 Å². The molecule has 0 spiro atoms. The molecule has 0 bridgehead atoms. The molecule has 142 valence electrons. The van der Waals surface area contributed by atoms with Gasteiger partial charge in [0.15, 0.2) is 23.9 Å². The van der Waals surface area contributed by atoms with E-state index < -0.39 is 18.5 Å². The average Bonchev–Trinajstić information content (AvgIpc) is 2.70. The fourth-order valence-electron chi connectivity index (χ4n) is 2.31. The summed E-state index contributed by atoms with van der Waals surface area (Å²) in [6.07, 6.45) is -0.0580. The van der Waals surface area contributed by atoms with Gasteiger partial charge >= 0.3 is 5.97 Å². The number of esters is 1. The van der Waals surface area contributed by atoms with Gasteiger partial charge in [-0.05, 0) is 12.1 Å². The minimum absolute atomic E-state index is 0.0279. The van der Waals surface area contributed by atoms with Crippen LogP contribution in [-0.2, 0) is 14.3 Å². The Morgan fingerprint density at radius 2 is 1.59 bits per heavy atom. The summed E-state index contributed by atoms with van der Waals surface area (Å²) in [7, 11) is 3.00. The number of anilines is 1. The molecule has 0 fully saturated rings. The lowest BCUT2D eigenvalue weighted by molar-refractivity contribution is -0.147. The zero-order chi connectivity index (χ0) is 19.6. The van der Waals surface area contributed by atoms with Crippen molar-refractivity contribution in [3.05, 3.63) is 54.1 Å². The Balaban J connectivity index is 1.76. The Kier molecular flexibility index (Phi) is 7.37. The van der Waals surface area contributed by atoms with E-state index in [1.807, 2.05) is 6.07 Å². The van der Waals surface area contributed by atoms with Crippen molar-refractivity contribution >= 4 is 23.3 Å². The Hall–Kier alpha value is -3.35. The second kappa shape index (κ2) is 9.96. The van der Waals surface area contributed by atoms with Crippen molar-refractivity contribution in [3.63, 3.8) is 0 Å². The highest BCUT2D eigenvalue weighted by molar-refractivity contribution is 5.98. The first kappa shape index (κ1) is 20.0. The number of rotatable bonds is 9. The van der Waals surface area contributed by atoms with Crippen LogP contribution in [0.4, 0.5) is 5.69 Å². The van der Waals surface area contributed by atoms with Gasteiger partial charge < -0.3 is 19.5 Å². The van der Waals surface area contributed by atoms with Crippen molar-refractivity contribution < 1.29 is 28.6 Å². The van der Waals surface area contributed by atoms with Crippen LogP contribution in [0.1, 0.15) is 23.2 Å². The lowest BCUT2D eigenvalue weighted by atomic mass is 10.1. The number of carbonyl (C=O) groups is 3. The number of Topliss-reactive ketones (excluding diaryl/α,β-unsaturated/α-hetero) is 1. The first-order valence-corrected chi connectivity index (χ1v) is 8.29. The topological polar surface area (TPSA) is 90.9 Å². The van der Waals surface area contributed by atoms with Crippen LogP contribution in [0.3, 0.4) is 0 Å². The van der Waals surface area contributed by atoms with Gasteiger partial charge in [0.1, 0.15) is 0 Å². The number of ketones is 1. The number of nitrogens with one attached hydrogen (secondary N) is 1. The summed E-state index contributed by atoms with van der Waals surface area (Å²) >= 11 is 0. The van der Waals surface area contributed by atoms with E-state index >= 15 is 0 Å². The van der Waals surface area contributed by atoms with Crippen molar-refractivity contribution in [1.29, 1.82) is 0 Å². The zero-order valence-corrected chi connectivity index (χ0v) is 15.2. The van der Waals surface area contributed by atoms with E-state index in [1.54, 1.807) is 42.5 Å². The van der Waals surface area contributed by atoms with Crippen molar-refractivity contribution in [2.45, 2.75) is 12.8 Å². The van der Waals surface area contributed by atoms with Crippen molar-refractivity contribution in [1.82, 2.24) is 0 Å². The number of hydrogen-bond acceptors (Lipinski definition) is 6. The lowest BCUT2D eigenvalue weighted by Gasteiger charge is -2.10. The quantitative estimate of drug-likeness (QED) is 0.538. The molecule has 0 saturated carbocycles. The Labute approximate surface area is 157 Å². The summed E-state index contributed by atoms with van der Waals surface area (Å²) in [4.78, 5) is 35.6. The van der Waals surface area contributed by atoms with Crippen LogP contribution in [0, 0.1) is 0 Å². The van der Waals surface area contributed by atoms with E-state index in [0.717, 1.165) is 0 Å². The zero-order valence-electron chi connectivity index (χ0n) is 15.2. The maximum absolute atomic E-state index is 11.9. The summed E-state index contributed by atoms with van der Waals surface area (Å²) in [5, 5.41) is 2.60. The van der Waals surface area contributed by atoms with Crippen LogP contribution in [0.15, 0.2) is 48.5 Å². The molecule has 0 aliphatic rings. The van der Waals surface area contributed by atoms with E-state index in [1.165, 1.54) is 14.2 Å². The van der Waals surface area contributed by atoms with Crippen LogP contribution in [0.5, 0.6) is 11.5 Å². The second-order valence-electron chi connectivity index (χ2n) is 5.57. The highest BCUT2D eigenvalue weighted by Crippen LogP contribution is 2.29. The maximum Gasteiger partial charge on any atom is 0.306 e. The first-order valence-electron chi connectivity index (χ1n) is 8.29. The molecule has 0 aliphatic heterocycles. The third-order valence-corrected chi connectivity index (χ3v) is 3.68. The third kappa shape index (κ3) is 6.14. The average molecular weight is 371 g/mol. The molecule has 0 radical (unpaired) electrons. The largest absolute Gasteiger partial charge is 0.493 e. The van der Waals surface area contributed by atoms with Crippen molar-refractivity contribution in [3.8, 4) is 11.5 Å². The first-order chi connectivity index (χ1) is 13.0. The molecule has 2 rings (SSSR count). The number of carbonyl (C=O) groups excluding carboxylic acids is 3. The third-order valence-electron chi connectivity index (χ3n) is 3.68. The number of hydrogen-bond donors (Lipinski definition) is 1. The summed E-state index contributed by atoms with van der Waals surface area (Å²) in [5.74, 6) is -0.259. The van der Waals surface area contributed by atoms with Crippen LogP contribution in [0.25, 0.3) is 0 Å². The molecule has 27 heavy (non-hydrogen) atoms. The predicted octanol–water partition coefficient (Wildman–Crippen LogP) is 2.85. The minimum Gasteiger partial charge on any atom is -0.493 e. The van der Waals surface area contributed by atoms with E-state index in [4.69, 9.17) is 14.2 Å². The molecular weight excluding hydrogens is 350 g/mol. The molecule has 0 saturated heterocycles. The molecule has 2 aromatic rings. The molecular formula is C20H21NO6. The SMILES string of the molecule is COc1ccc(NC(=O)COC(=O)CCC(=O)c2ccccc2)cc1OC. The van der Waals surface area contributed by atoms with Crippen molar-refractivity contribution in [2.75, 3.05) is 26.1 Å². The fraction of sp³-hybridized carbons (Fsp3) is 0.250. The summed E-state index contributed by atoms with van der Waals surface area (Å²) < 4.78 is 15.2. The maximum atomic E-state index is 11.9. The highest BCUT2D eigenvalue weighted by atomic mass is 16.5. The Morgan fingerprint density at radius 3 is 2.26 bits per heavy atom. The van der Waals surface area contributed by atoms with Crippen LogP contribution >= 0.6 is 0 Å². The smallest absolute Gasteiger partial charge is 0.306 e. The minimum atomic E-state index is -0.609. The van der Waals surface area contributed by atoms with E-state index in [9.17, 15) is 14.4 Å². The molecule has 1 amide bonds. The lowest BCUT2D eigenvalue weighted by Crippen LogP contribution is -2.21. The van der Waals surface area contributed by atoms with Gasteiger partial charge in [-0.2, -0.15) is 0 Å².